The summed E-state index contributed by atoms with van der Waals surface area (Å²) < 4.78 is 47.7. The summed E-state index contributed by atoms with van der Waals surface area (Å²) in [5.41, 5.74) is 11.9. The van der Waals surface area contributed by atoms with Crippen molar-refractivity contribution >= 4 is 34.8 Å². The van der Waals surface area contributed by atoms with Crippen LogP contribution in [0, 0.1) is 6.92 Å². The molecule has 0 amide bonds. The van der Waals surface area contributed by atoms with Gasteiger partial charge in [0.05, 0.1) is 34.1 Å². The fourth-order valence-electron chi connectivity index (χ4n) is 4.09. The summed E-state index contributed by atoms with van der Waals surface area (Å²) >= 11 is 6.69. The Labute approximate surface area is 202 Å². The zero-order valence-electron chi connectivity index (χ0n) is 18.2. The third kappa shape index (κ3) is 3.95. The fourth-order valence-corrected chi connectivity index (χ4v) is 4.40. The number of halogens is 4. The van der Waals surface area contributed by atoms with E-state index in [0.29, 0.717) is 28.5 Å². The minimum atomic E-state index is -4.68. The molecule has 0 unspecified atom stereocenters. The molecule has 2 aliphatic rings. The van der Waals surface area contributed by atoms with Gasteiger partial charge in [-0.2, -0.15) is 13.2 Å². The van der Waals surface area contributed by atoms with Gasteiger partial charge in [-0.3, -0.25) is 0 Å². The monoisotopic (exact) mass is 502 g/mol. The number of hydrogen-bond acceptors (Lipinski definition) is 9. The van der Waals surface area contributed by atoms with E-state index in [4.69, 9.17) is 27.8 Å². The van der Waals surface area contributed by atoms with Crippen LogP contribution >= 0.6 is 11.6 Å². The highest BCUT2D eigenvalue weighted by atomic mass is 35.5. The first-order valence-corrected chi connectivity index (χ1v) is 10.7. The Morgan fingerprint density at radius 2 is 2.06 bits per heavy atom. The molecule has 0 spiro atoms. The molecule has 35 heavy (non-hydrogen) atoms. The number of aliphatic imine (C=N–C) groups is 1. The van der Waals surface area contributed by atoms with Gasteiger partial charge in [-0.25, -0.2) is 19.9 Å². The maximum absolute atomic E-state index is 14.0. The van der Waals surface area contributed by atoms with Gasteiger partial charge in [0.25, 0.3) is 0 Å². The first kappa shape index (κ1) is 22.7. The fraction of sp³-hybridized carbons (Fsp3) is 0.182. The van der Waals surface area contributed by atoms with E-state index in [0.717, 1.165) is 0 Å². The van der Waals surface area contributed by atoms with Crippen LogP contribution in [0.1, 0.15) is 22.3 Å². The summed E-state index contributed by atoms with van der Waals surface area (Å²) in [5.74, 6) is 0.989. The van der Waals surface area contributed by atoms with Crippen LogP contribution in [0.15, 0.2) is 42.1 Å². The highest BCUT2D eigenvalue weighted by Gasteiger charge is 2.38. The lowest BCUT2D eigenvalue weighted by atomic mass is 9.97. The van der Waals surface area contributed by atoms with Crippen molar-refractivity contribution in [2.45, 2.75) is 19.6 Å². The Kier molecular flexibility index (Phi) is 5.39. The van der Waals surface area contributed by atoms with E-state index in [9.17, 15) is 13.2 Å². The lowest BCUT2D eigenvalue weighted by molar-refractivity contribution is -0.137. The van der Waals surface area contributed by atoms with Gasteiger partial charge in [0.1, 0.15) is 42.5 Å². The third-order valence-electron chi connectivity index (χ3n) is 5.58. The number of nitrogens with zero attached hydrogens (tertiary/aromatic N) is 5. The molecule has 180 valence electrons. The number of nitrogens with two attached hydrogens (primary N) is 2. The highest BCUT2D eigenvalue weighted by molar-refractivity contribution is 6.37. The molecular weight excluding hydrogens is 485 g/mol. The lowest BCUT2D eigenvalue weighted by Crippen LogP contribution is -2.30. The maximum Gasteiger partial charge on any atom is 0.418 e. The Hall–Kier alpha value is -4.06. The number of nitrogen functional groups attached to an aromatic ring is 2. The second-order valence-electron chi connectivity index (χ2n) is 7.85. The number of aryl methyl sites for hydroxylation is 1. The molecule has 0 aliphatic carbocycles. The molecule has 4 heterocycles. The van der Waals surface area contributed by atoms with Crippen LogP contribution in [0.4, 0.5) is 30.5 Å². The van der Waals surface area contributed by atoms with Crippen molar-refractivity contribution < 1.29 is 17.9 Å². The zero-order valence-corrected chi connectivity index (χ0v) is 18.9. The summed E-state index contributed by atoms with van der Waals surface area (Å²) in [6.45, 7) is 1.73. The molecule has 0 fully saturated rings. The smallest absolute Gasteiger partial charge is 0.418 e. The number of hydrogen-bond donors (Lipinski definition) is 3. The van der Waals surface area contributed by atoms with Crippen molar-refractivity contribution in [3.8, 4) is 17.0 Å². The van der Waals surface area contributed by atoms with Crippen LogP contribution in [-0.4, -0.2) is 32.4 Å². The molecule has 0 atom stereocenters. The molecule has 0 radical (unpaired) electrons. The summed E-state index contributed by atoms with van der Waals surface area (Å²) in [4.78, 5) is 18.3. The SMILES string of the molecule is Cc1cc(N)nc(-c2cc3c4c(c2Cl)NCN=C4N(Cc2cncnc2N)C=CO3)c1C(F)(F)F. The van der Waals surface area contributed by atoms with Gasteiger partial charge in [-0.1, -0.05) is 11.6 Å². The molecule has 1 aromatic carbocycles. The van der Waals surface area contributed by atoms with Crippen molar-refractivity contribution in [3.63, 3.8) is 0 Å². The number of pyridine rings is 1. The van der Waals surface area contributed by atoms with Gasteiger partial charge < -0.3 is 26.4 Å². The Morgan fingerprint density at radius 3 is 2.80 bits per heavy atom. The van der Waals surface area contributed by atoms with Crippen LogP contribution < -0.4 is 21.5 Å². The Bertz CT molecular complexity index is 1410. The molecule has 0 saturated heterocycles. The molecule has 5 rings (SSSR count). The van der Waals surface area contributed by atoms with Gasteiger partial charge in [-0.15, -0.1) is 0 Å². The van der Waals surface area contributed by atoms with Crippen LogP contribution in [0.25, 0.3) is 11.3 Å². The number of alkyl halides is 3. The first-order valence-electron chi connectivity index (χ1n) is 10.3. The average molecular weight is 503 g/mol. The van der Waals surface area contributed by atoms with Gasteiger partial charge in [0.2, 0.25) is 0 Å². The lowest BCUT2D eigenvalue weighted by Gasteiger charge is -2.28. The van der Waals surface area contributed by atoms with Gasteiger partial charge in [0.15, 0.2) is 0 Å². The summed E-state index contributed by atoms with van der Waals surface area (Å²) in [5, 5.41) is 3.08. The number of anilines is 3. The van der Waals surface area contributed by atoms with E-state index in [1.54, 1.807) is 17.3 Å². The van der Waals surface area contributed by atoms with Crippen molar-refractivity contribution in [2.24, 2.45) is 4.99 Å². The number of ether oxygens (including phenoxy) is 1. The van der Waals surface area contributed by atoms with Crippen molar-refractivity contribution in [1.82, 2.24) is 19.9 Å². The molecule has 0 bridgehead atoms. The highest BCUT2D eigenvalue weighted by Crippen LogP contribution is 2.47. The number of benzene rings is 1. The Balaban J connectivity index is 1.67. The second kappa shape index (κ2) is 8.31. The first-order chi connectivity index (χ1) is 16.6. The van der Waals surface area contributed by atoms with Crippen LogP contribution in [-0.2, 0) is 12.7 Å². The van der Waals surface area contributed by atoms with Gasteiger partial charge in [-0.05, 0) is 24.6 Å². The minimum Gasteiger partial charge on any atom is -0.463 e. The van der Waals surface area contributed by atoms with E-state index >= 15 is 0 Å². The third-order valence-corrected chi connectivity index (χ3v) is 5.98. The second-order valence-corrected chi connectivity index (χ2v) is 8.23. The molecular formula is C22H18ClF3N8O. The standard InChI is InChI=1S/C22H18ClF3N8O/c1-10-4-14(27)33-18(16(10)22(24,25)26)12-5-13-15-19(17(12)23)30-9-32-21(15)34(2-3-35-13)7-11-6-29-8-31-20(11)28/h2-6,8,30H,7,9H2,1H3,(H2,27,33)(H2,28,29,31). The predicted molar refractivity (Wildman–Crippen MR) is 126 cm³/mol. The van der Waals surface area contributed by atoms with Crippen LogP contribution in [0.5, 0.6) is 5.75 Å². The topological polar surface area (TPSA) is 128 Å². The number of rotatable bonds is 3. The van der Waals surface area contributed by atoms with E-state index in [2.05, 4.69) is 25.3 Å². The summed E-state index contributed by atoms with van der Waals surface area (Å²) in [7, 11) is 0. The van der Waals surface area contributed by atoms with Crippen molar-refractivity contribution in [3.05, 3.63) is 64.4 Å². The summed E-state index contributed by atoms with van der Waals surface area (Å²) in [6.07, 6.45) is 1.30. The average Bonchev–Trinajstić information content (AvgIpc) is 2.96. The van der Waals surface area contributed by atoms with Gasteiger partial charge >= 0.3 is 6.18 Å². The van der Waals surface area contributed by atoms with E-state index in [1.165, 1.54) is 31.6 Å². The van der Waals surface area contributed by atoms with Crippen molar-refractivity contribution in [2.75, 3.05) is 23.5 Å². The van der Waals surface area contributed by atoms with Gasteiger partial charge in [0, 0.05) is 23.5 Å². The molecule has 0 saturated carbocycles. The van der Waals surface area contributed by atoms with Crippen LogP contribution in [0.2, 0.25) is 5.02 Å². The molecule has 2 aliphatic heterocycles. The molecule has 2 aromatic heterocycles. The van der Waals surface area contributed by atoms with E-state index in [-0.39, 0.29) is 46.6 Å². The minimum absolute atomic E-state index is 0.0273. The maximum atomic E-state index is 14.0. The number of aromatic nitrogens is 3. The van der Waals surface area contributed by atoms with E-state index in [1.807, 2.05) is 0 Å². The Morgan fingerprint density at radius 1 is 1.26 bits per heavy atom. The normalized spacial score (nSPS) is 14.5. The quantitative estimate of drug-likeness (QED) is 0.486. The predicted octanol–water partition coefficient (Wildman–Crippen LogP) is 4.18. The van der Waals surface area contributed by atoms with Crippen LogP contribution in [0.3, 0.4) is 0 Å². The summed E-state index contributed by atoms with van der Waals surface area (Å²) in [6, 6.07) is 2.58. The zero-order chi connectivity index (χ0) is 24.9. The number of nitrogens with one attached hydrogen (secondary N) is 1. The molecule has 13 heteroatoms. The van der Waals surface area contributed by atoms with Crippen molar-refractivity contribution in [1.29, 1.82) is 0 Å². The molecule has 9 nitrogen and oxygen atoms in total. The van der Waals surface area contributed by atoms with E-state index < -0.39 is 11.7 Å². The largest absolute Gasteiger partial charge is 0.463 e. The molecule has 3 aromatic rings. The molecule has 5 N–H and O–H groups in total. The number of amidine groups is 1.